The summed E-state index contributed by atoms with van der Waals surface area (Å²) < 4.78 is 0. The molecule has 1 aliphatic heterocycles. The van der Waals surface area contributed by atoms with Crippen LogP contribution in [0.5, 0.6) is 0 Å². The minimum Gasteiger partial charge on any atom is -0.396 e. The molecular formula is C14H24N2O3. The van der Waals surface area contributed by atoms with Crippen molar-refractivity contribution in [1.82, 2.24) is 10.2 Å². The Bertz CT molecular complexity index is 327. The van der Waals surface area contributed by atoms with Gasteiger partial charge in [-0.25, -0.2) is 0 Å². The quantitative estimate of drug-likeness (QED) is 0.770. The van der Waals surface area contributed by atoms with E-state index in [2.05, 4.69) is 5.32 Å². The summed E-state index contributed by atoms with van der Waals surface area (Å²) in [6.07, 6.45) is 6.89. The number of carbonyl (C=O) groups is 2. The monoisotopic (exact) mass is 268 g/mol. The molecule has 0 bridgehead atoms. The van der Waals surface area contributed by atoms with Gasteiger partial charge in [0.2, 0.25) is 11.8 Å². The minimum absolute atomic E-state index is 0.0650. The minimum atomic E-state index is -0.477. The van der Waals surface area contributed by atoms with E-state index in [4.69, 9.17) is 5.11 Å². The van der Waals surface area contributed by atoms with E-state index in [1.165, 1.54) is 25.7 Å². The van der Waals surface area contributed by atoms with Crippen LogP contribution < -0.4 is 5.32 Å². The average Bonchev–Trinajstić information content (AvgIpc) is 2.92. The van der Waals surface area contributed by atoms with Crippen LogP contribution in [0.15, 0.2) is 0 Å². The number of amides is 2. The summed E-state index contributed by atoms with van der Waals surface area (Å²) >= 11 is 0. The predicted octanol–water partition coefficient (Wildman–Crippen LogP) is 0.666. The topological polar surface area (TPSA) is 69.6 Å². The molecule has 0 radical (unpaired) electrons. The number of hydrogen-bond donors (Lipinski definition) is 2. The summed E-state index contributed by atoms with van der Waals surface area (Å²) in [4.78, 5) is 25.7. The molecule has 5 nitrogen and oxygen atoms in total. The molecule has 0 aromatic rings. The second-order valence-corrected chi connectivity index (χ2v) is 5.60. The number of hydrogen-bond acceptors (Lipinski definition) is 3. The van der Waals surface area contributed by atoms with E-state index < -0.39 is 6.04 Å². The van der Waals surface area contributed by atoms with E-state index >= 15 is 0 Å². The molecule has 0 aromatic carbocycles. The van der Waals surface area contributed by atoms with Crippen molar-refractivity contribution in [3.8, 4) is 0 Å². The lowest BCUT2D eigenvalue weighted by Crippen LogP contribution is -2.57. The highest BCUT2D eigenvalue weighted by molar-refractivity contribution is 5.88. The Morgan fingerprint density at radius 1 is 1.32 bits per heavy atom. The molecule has 2 fully saturated rings. The van der Waals surface area contributed by atoms with E-state index in [9.17, 15) is 9.59 Å². The zero-order valence-corrected chi connectivity index (χ0v) is 11.4. The molecule has 2 rings (SSSR count). The smallest absolute Gasteiger partial charge is 0.242 e. The van der Waals surface area contributed by atoms with Crippen molar-refractivity contribution in [2.75, 3.05) is 19.7 Å². The largest absolute Gasteiger partial charge is 0.396 e. The Morgan fingerprint density at radius 3 is 2.74 bits per heavy atom. The molecular weight excluding hydrogens is 244 g/mol. The lowest BCUT2D eigenvalue weighted by Gasteiger charge is -2.35. The number of carbonyl (C=O) groups excluding carboxylic acids is 2. The standard InChI is InChI=1S/C14H24N2O3/c17-10-7-12-14(19)15-8-9-16(12)13(18)6-5-11-3-1-2-4-11/h11-12,17H,1-10H2,(H,15,19)/t12-/m0/s1. The zero-order chi connectivity index (χ0) is 13.7. The molecule has 1 atom stereocenters. The Balaban J connectivity index is 1.85. The van der Waals surface area contributed by atoms with Gasteiger partial charge in [0.1, 0.15) is 6.04 Å². The van der Waals surface area contributed by atoms with Gasteiger partial charge in [0.05, 0.1) is 0 Å². The van der Waals surface area contributed by atoms with E-state index in [0.717, 1.165) is 6.42 Å². The third kappa shape index (κ3) is 3.69. The fourth-order valence-corrected chi connectivity index (χ4v) is 3.19. The summed E-state index contributed by atoms with van der Waals surface area (Å²) in [7, 11) is 0. The number of aliphatic hydroxyl groups is 1. The lowest BCUT2D eigenvalue weighted by molar-refractivity contribution is -0.144. The summed E-state index contributed by atoms with van der Waals surface area (Å²) in [6.45, 7) is 1.03. The second kappa shape index (κ2) is 6.89. The molecule has 0 spiro atoms. The number of piperazine rings is 1. The van der Waals surface area contributed by atoms with Crippen LogP contribution in [0.1, 0.15) is 44.9 Å². The maximum Gasteiger partial charge on any atom is 0.242 e. The molecule has 0 aromatic heterocycles. The van der Waals surface area contributed by atoms with Gasteiger partial charge in [-0.3, -0.25) is 9.59 Å². The van der Waals surface area contributed by atoms with Gasteiger partial charge in [0, 0.05) is 26.1 Å². The molecule has 0 unspecified atom stereocenters. The Hall–Kier alpha value is -1.10. The number of nitrogens with zero attached hydrogens (tertiary/aromatic N) is 1. The molecule has 108 valence electrons. The number of rotatable bonds is 5. The number of nitrogens with one attached hydrogen (secondary N) is 1. The van der Waals surface area contributed by atoms with Crippen molar-refractivity contribution in [3.05, 3.63) is 0 Å². The van der Waals surface area contributed by atoms with Crippen LogP contribution >= 0.6 is 0 Å². The highest BCUT2D eigenvalue weighted by atomic mass is 16.3. The number of aliphatic hydroxyl groups excluding tert-OH is 1. The molecule has 2 aliphatic rings. The Morgan fingerprint density at radius 2 is 2.05 bits per heavy atom. The summed E-state index contributed by atoms with van der Waals surface area (Å²) in [5.41, 5.74) is 0. The molecule has 1 aliphatic carbocycles. The van der Waals surface area contributed by atoms with Crippen LogP contribution in [-0.2, 0) is 9.59 Å². The van der Waals surface area contributed by atoms with Crippen LogP contribution in [0.25, 0.3) is 0 Å². The van der Waals surface area contributed by atoms with Gasteiger partial charge < -0.3 is 15.3 Å². The Kier molecular flexibility index (Phi) is 5.19. The first-order valence-corrected chi connectivity index (χ1v) is 7.40. The fourth-order valence-electron chi connectivity index (χ4n) is 3.19. The van der Waals surface area contributed by atoms with Crippen molar-refractivity contribution in [3.63, 3.8) is 0 Å². The zero-order valence-electron chi connectivity index (χ0n) is 11.4. The van der Waals surface area contributed by atoms with E-state index in [1.807, 2.05) is 0 Å². The second-order valence-electron chi connectivity index (χ2n) is 5.60. The molecule has 5 heteroatoms. The van der Waals surface area contributed by atoms with Gasteiger partial charge in [-0.15, -0.1) is 0 Å². The lowest BCUT2D eigenvalue weighted by atomic mass is 10.0. The van der Waals surface area contributed by atoms with E-state index in [1.54, 1.807) is 4.90 Å². The van der Waals surface area contributed by atoms with Crippen molar-refractivity contribution < 1.29 is 14.7 Å². The van der Waals surface area contributed by atoms with E-state index in [0.29, 0.717) is 31.8 Å². The summed E-state index contributed by atoms with van der Waals surface area (Å²) in [5, 5.41) is 11.8. The van der Waals surface area contributed by atoms with Crippen LogP contribution in [0.3, 0.4) is 0 Å². The third-order valence-corrected chi connectivity index (χ3v) is 4.29. The van der Waals surface area contributed by atoms with E-state index in [-0.39, 0.29) is 18.4 Å². The summed E-state index contributed by atoms with van der Waals surface area (Å²) in [6, 6.07) is -0.477. The maximum absolute atomic E-state index is 12.2. The van der Waals surface area contributed by atoms with Crippen molar-refractivity contribution in [1.29, 1.82) is 0 Å². The van der Waals surface area contributed by atoms with Gasteiger partial charge in [0.15, 0.2) is 0 Å². The van der Waals surface area contributed by atoms with Gasteiger partial charge in [-0.2, -0.15) is 0 Å². The van der Waals surface area contributed by atoms with Crippen molar-refractivity contribution >= 4 is 11.8 Å². The van der Waals surface area contributed by atoms with Crippen LogP contribution in [-0.4, -0.2) is 47.6 Å². The van der Waals surface area contributed by atoms with Gasteiger partial charge in [-0.05, 0) is 18.8 Å². The first-order valence-electron chi connectivity index (χ1n) is 7.40. The third-order valence-electron chi connectivity index (χ3n) is 4.29. The van der Waals surface area contributed by atoms with Crippen molar-refractivity contribution in [2.45, 2.75) is 51.0 Å². The SMILES string of the molecule is O=C1NCCN(C(=O)CCC2CCCC2)[C@H]1CCO. The Labute approximate surface area is 114 Å². The van der Waals surface area contributed by atoms with Gasteiger partial charge in [0.25, 0.3) is 0 Å². The van der Waals surface area contributed by atoms with Gasteiger partial charge in [-0.1, -0.05) is 25.7 Å². The molecule has 2 N–H and O–H groups in total. The normalized spacial score (nSPS) is 24.6. The van der Waals surface area contributed by atoms with Crippen LogP contribution in [0.4, 0.5) is 0 Å². The first kappa shape index (κ1) is 14.3. The molecule has 1 saturated heterocycles. The highest BCUT2D eigenvalue weighted by Crippen LogP contribution is 2.29. The molecule has 19 heavy (non-hydrogen) atoms. The fraction of sp³-hybridized carbons (Fsp3) is 0.857. The molecule has 1 heterocycles. The van der Waals surface area contributed by atoms with Crippen LogP contribution in [0, 0.1) is 5.92 Å². The average molecular weight is 268 g/mol. The first-order chi connectivity index (χ1) is 9.22. The summed E-state index contributed by atoms with van der Waals surface area (Å²) in [5.74, 6) is 0.633. The van der Waals surface area contributed by atoms with Crippen molar-refractivity contribution in [2.24, 2.45) is 5.92 Å². The van der Waals surface area contributed by atoms with Gasteiger partial charge >= 0.3 is 0 Å². The maximum atomic E-state index is 12.2. The molecule has 2 amide bonds. The highest BCUT2D eigenvalue weighted by Gasteiger charge is 2.32. The molecule has 1 saturated carbocycles. The van der Waals surface area contributed by atoms with Crippen LogP contribution in [0.2, 0.25) is 0 Å². The predicted molar refractivity (Wildman–Crippen MR) is 71.4 cm³/mol.